The molecule has 9 nitrogen and oxygen atoms in total. The lowest BCUT2D eigenvalue weighted by molar-refractivity contribution is -0.284. The maximum absolute atomic E-state index is 14.6. The summed E-state index contributed by atoms with van der Waals surface area (Å²) in [5.41, 5.74) is 4.48. The fourth-order valence-corrected chi connectivity index (χ4v) is 4.23. The Hall–Kier alpha value is -4.30. The van der Waals surface area contributed by atoms with Crippen molar-refractivity contribution in [2.45, 2.75) is 37.3 Å². The van der Waals surface area contributed by atoms with Crippen molar-refractivity contribution in [3.63, 3.8) is 0 Å². The summed E-state index contributed by atoms with van der Waals surface area (Å²) in [6, 6.07) is 5.65. The average molecular weight is 522 g/mol. The van der Waals surface area contributed by atoms with Crippen LogP contribution in [-0.4, -0.2) is 47.6 Å². The van der Waals surface area contributed by atoms with Crippen LogP contribution in [0.3, 0.4) is 0 Å². The fraction of sp³-hybridized carbons (Fsp3) is 0.273. The van der Waals surface area contributed by atoms with E-state index in [4.69, 9.17) is 5.73 Å². The highest BCUT2D eigenvalue weighted by molar-refractivity contribution is 6.09. The predicted molar refractivity (Wildman–Crippen MR) is 117 cm³/mol. The fourth-order valence-electron chi connectivity index (χ4n) is 4.23. The molecule has 1 amide bonds. The number of carbonyl (C=O) groups is 1. The third-order valence-electron chi connectivity index (χ3n) is 6.19. The second kappa shape index (κ2) is 8.11. The maximum atomic E-state index is 14.6. The standard InChI is InChI=1S/C22H16F6N8O/c1-20(10-4-2-3-5-11(10)23)14-15(29)33-16(34-17(14)35-19(20)37)13-8-36-18(30-9-31-36)12(32-13)6-7-21(24,25)22(26,27)28/h2-5,8-9H,6-7H2,1H3,(H3,29,33,34,35,37). The smallest absolute Gasteiger partial charge is 0.383 e. The third-order valence-corrected chi connectivity index (χ3v) is 6.19. The minimum Gasteiger partial charge on any atom is -0.383 e. The predicted octanol–water partition coefficient (Wildman–Crippen LogP) is 3.69. The van der Waals surface area contributed by atoms with Crippen molar-refractivity contribution in [2.24, 2.45) is 0 Å². The van der Waals surface area contributed by atoms with Gasteiger partial charge in [0.05, 0.1) is 17.5 Å². The third kappa shape index (κ3) is 3.81. The van der Waals surface area contributed by atoms with E-state index in [2.05, 4.69) is 30.4 Å². The molecule has 5 rings (SSSR count). The van der Waals surface area contributed by atoms with Gasteiger partial charge in [-0.05, 0) is 19.4 Å². The van der Waals surface area contributed by atoms with Gasteiger partial charge in [-0.1, -0.05) is 18.2 Å². The number of rotatable bonds is 5. The topological polar surface area (TPSA) is 124 Å². The molecule has 0 aliphatic carbocycles. The Labute approximate surface area is 203 Å². The first-order chi connectivity index (χ1) is 17.3. The van der Waals surface area contributed by atoms with Crippen molar-refractivity contribution in [3.05, 3.63) is 59.4 Å². The highest BCUT2D eigenvalue weighted by atomic mass is 19.4. The number of nitrogens with zero attached hydrogens (tertiary/aromatic N) is 6. The molecule has 192 valence electrons. The first-order valence-corrected chi connectivity index (χ1v) is 10.7. The van der Waals surface area contributed by atoms with Crippen LogP contribution in [0, 0.1) is 5.82 Å². The van der Waals surface area contributed by atoms with Crippen molar-refractivity contribution >= 4 is 23.2 Å². The van der Waals surface area contributed by atoms with E-state index in [1.807, 2.05) is 0 Å². The zero-order valence-corrected chi connectivity index (χ0v) is 18.8. The van der Waals surface area contributed by atoms with Crippen LogP contribution in [0.25, 0.3) is 17.2 Å². The van der Waals surface area contributed by atoms with Crippen LogP contribution in [0.1, 0.15) is 30.2 Å². The number of hydrogen-bond acceptors (Lipinski definition) is 7. The number of halogens is 6. The van der Waals surface area contributed by atoms with Crippen molar-refractivity contribution in [1.82, 2.24) is 29.5 Å². The summed E-state index contributed by atoms with van der Waals surface area (Å²) in [6.45, 7) is 1.46. The molecule has 0 saturated heterocycles. The lowest BCUT2D eigenvalue weighted by Gasteiger charge is -2.23. The molecule has 0 spiro atoms. The van der Waals surface area contributed by atoms with Gasteiger partial charge in [-0.3, -0.25) is 4.79 Å². The summed E-state index contributed by atoms with van der Waals surface area (Å²) in [5.74, 6) is -6.58. The SMILES string of the molecule is CC1(c2ccccc2F)C(=O)Nc2nc(-c3cn4ncnc4c(CCC(F)(F)C(F)(F)F)n3)nc(N)c21. The molecule has 0 bridgehead atoms. The van der Waals surface area contributed by atoms with Crippen molar-refractivity contribution in [1.29, 1.82) is 0 Å². The number of nitrogen functional groups attached to an aromatic ring is 1. The maximum Gasteiger partial charge on any atom is 0.453 e. The number of fused-ring (bicyclic) bond motifs is 2. The zero-order valence-electron chi connectivity index (χ0n) is 18.8. The molecule has 4 aromatic rings. The number of amides is 1. The largest absolute Gasteiger partial charge is 0.453 e. The second-order valence-corrected chi connectivity index (χ2v) is 8.52. The molecule has 37 heavy (non-hydrogen) atoms. The molecule has 3 N–H and O–H groups in total. The van der Waals surface area contributed by atoms with Gasteiger partial charge in [0.2, 0.25) is 5.91 Å². The van der Waals surface area contributed by atoms with E-state index >= 15 is 0 Å². The van der Waals surface area contributed by atoms with Gasteiger partial charge in [0.15, 0.2) is 11.5 Å². The Morgan fingerprint density at radius 3 is 2.54 bits per heavy atom. The average Bonchev–Trinajstić information content (AvgIpc) is 3.39. The summed E-state index contributed by atoms with van der Waals surface area (Å²) in [6.07, 6.45) is -5.73. The first-order valence-electron chi connectivity index (χ1n) is 10.7. The Kier molecular flexibility index (Phi) is 5.35. The van der Waals surface area contributed by atoms with Gasteiger partial charge >= 0.3 is 12.1 Å². The minimum atomic E-state index is -5.73. The molecule has 0 fully saturated rings. The van der Waals surface area contributed by atoms with E-state index in [0.29, 0.717) is 0 Å². The van der Waals surface area contributed by atoms with Gasteiger partial charge in [0.25, 0.3) is 0 Å². The number of aryl methyl sites for hydroxylation is 1. The lowest BCUT2D eigenvalue weighted by atomic mass is 9.77. The molecule has 1 aliphatic rings. The number of nitrogens with one attached hydrogen (secondary N) is 1. The number of hydrogen-bond donors (Lipinski definition) is 2. The van der Waals surface area contributed by atoms with Gasteiger partial charge in [-0.2, -0.15) is 27.1 Å². The Bertz CT molecular complexity index is 1550. The zero-order chi connectivity index (χ0) is 26.8. The van der Waals surface area contributed by atoms with Gasteiger partial charge in [0.1, 0.15) is 34.9 Å². The highest BCUT2D eigenvalue weighted by Crippen LogP contribution is 2.45. The van der Waals surface area contributed by atoms with Gasteiger partial charge in [-0.25, -0.2) is 28.8 Å². The van der Waals surface area contributed by atoms with E-state index in [1.54, 1.807) is 6.07 Å². The van der Waals surface area contributed by atoms with Gasteiger partial charge in [-0.15, -0.1) is 0 Å². The van der Waals surface area contributed by atoms with Gasteiger partial charge in [0, 0.05) is 12.0 Å². The van der Waals surface area contributed by atoms with E-state index in [-0.39, 0.29) is 45.6 Å². The highest BCUT2D eigenvalue weighted by Gasteiger charge is 2.56. The molecule has 1 aliphatic heterocycles. The molecular formula is C22H16F6N8O. The summed E-state index contributed by atoms with van der Waals surface area (Å²) in [5, 5.41) is 6.45. The molecule has 1 aromatic carbocycles. The van der Waals surface area contributed by atoms with Gasteiger partial charge < -0.3 is 11.1 Å². The number of alkyl halides is 5. The monoisotopic (exact) mass is 522 g/mol. The number of aromatic nitrogens is 6. The van der Waals surface area contributed by atoms with Crippen LogP contribution < -0.4 is 11.1 Å². The molecule has 1 atom stereocenters. The molecular weight excluding hydrogens is 506 g/mol. The van der Waals surface area contributed by atoms with E-state index in [0.717, 1.165) is 10.8 Å². The van der Waals surface area contributed by atoms with Crippen LogP contribution in [-0.2, 0) is 16.6 Å². The molecule has 4 heterocycles. The first kappa shape index (κ1) is 24.4. The summed E-state index contributed by atoms with van der Waals surface area (Å²) in [7, 11) is 0. The van der Waals surface area contributed by atoms with Crippen molar-refractivity contribution in [3.8, 4) is 11.5 Å². The molecule has 3 aromatic heterocycles. The summed E-state index contributed by atoms with van der Waals surface area (Å²) < 4.78 is 80.8. The van der Waals surface area contributed by atoms with Crippen molar-refractivity contribution < 1.29 is 31.1 Å². The lowest BCUT2D eigenvalue weighted by Crippen LogP contribution is -2.36. The quantitative estimate of drug-likeness (QED) is 0.383. The number of anilines is 2. The molecule has 1 unspecified atom stereocenters. The van der Waals surface area contributed by atoms with Crippen molar-refractivity contribution in [2.75, 3.05) is 11.1 Å². The molecule has 0 saturated carbocycles. The van der Waals surface area contributed by atoms with Crippen LogP contribution in [0.2, 0.25) is 0 Å². The number of carbonyl (C=O) groups excluding carboxylic acids is 1. The number of nitrogens with two attached hydrogens (primary N) is 1. The van der Waals surface area contributed by atoms with Crippen LogP contribution >= 0.6 is 0 Å². The molecule has 0 radical (unpaired) electrons. The second-order valence-electron chi connectivity index (χ2n) is 8.52. The van der Waals surface area contributed by atoms with Crippen LogP contribution in [0.4, 0.5) is 38.0 Å². The number of benzene rings is 1. The summed E-state index contributed by atoms with van der Waals surface area (Å²) in [4.78, 5) is 29.4. The van der Waals surface area contributed by atoms with Crippen LogP contribution in [0.5, 0.6) is 0 Å². The Morgan fingerprint density at radius 1 is 1.11 bits per heavy atom. The normalized spacial score (nSPS) is 17.8. The molecule has 15 heteroatoms. The Morgan fingerprint density at radius 2 is 1.84 bits per heavy atom. The van der Waals surface area contributed by atoms with Crippen LogP contribution in [0.15, 0.2) is 36.8 Å². The Balaban J connectivity index is 1.58. The van der Waals surface area contributed by atoms with E-state index in [1.165, 1.54) is 31.3 Å². The summed E-state index contributed by atoms with van der Waals surface area (Å²) >= 11 is 0. The minimum absolute atomic E-state index is 0.0242. The van der Waals surface area contributed by atoms with E-state index < -0.39 is 42.1 Å². The van der Waals surface area contributed by atoms with E-state index in [9.17, 15) is 31.1 Å².